The van der Waals surface area contributed by atoms with E-state index in [-0.39, 0.29) is 11.8 Å². The van der Waals surface area contributed by atoms with Crippen molar-refractivity contribution in [2.45, 2.75) is 10.1 Å². The highest BCUT2D eigenvalue weighted by Gasteiger charge is 2.22. The molecule has 2 N–H and O–H groups in total. The standard InChI is InChI=1S/C21H18N2O2S/c24-20(17-12-6-2-7-13-17)22-23-21(25)19(16-10-4-1-5-11-16)26-18-14-8-3-9-15-18/h1-15,19H,(H,22,24)(H,23,25). The molecule has 0 saturated heterocycles. The fourth-order valence-electron chi connectivity index (χ4n) is 2.38. The van der Waals surface area contributed by atoms with Crippen LogP contribution in [0.4, 0.5) is 0 Å². The van der Waals surface area contributed by atoms with Gasteiger partial charge in [-0.1, -0.05) is 66.7 Å². The van der Waals surface area contributed by atoms with Crippen molar-refractivity contribution in [2.75, 3.05) is 0 Å². The van der Waals surface area contributed by atoms with E-state index in [1.807, 2.05) is 66.7 Å². The van der Waals surface area contributed by atoms with Crippen LogP contribution in [0, 0.1) is 0 Å². The highest BCUT2D eigenvalue weighted by Crippen LogP contribution is 2.35. The molecule has 2 amide bonds. The molecule has 0 radical (unpaired) electrons. The third-order valence-electron chi connectivity index (χ3n) is 3.67. The van der Waals surface area contributed by atoms with Gasteiger partial charge in [0.2, 0.25) is 0 Å². The second kappa shape index (κ2) is 8.87. The zero-order valence-electron chi connectivity index (χ0n) is 14.0. The van der Waals surface area contributed by atoms with E-state index in [4.69, 9.17) is 0 Å². The number of hydrazine groups is 1. The van der Waals surface area contributed by atoms with E-state index < -0.39 is 5.25 Å². The summed E-state index contributed by atoms with van der Waals surface area (Å²) in [5, 5.41) is -0.477. The third-order valence-corrected chi connectivity index (χ3v) is 4.94. The number of nitrogens with one attached hydrogen (secondary N) is 2. The Morgan fingerprint density at radius 1 is 0.692 bits per heavy atom. The Balaban J connectivity index is 1.72. The maximum absolute atomic E-state index is 12.7. The SMILES string of the molecule is O=C(NNC(=O)C(Sc1ccccc1)c1ccccc1)c1ccccc1. The minimum atomic E-state index is -0.477. The lowest BCUT2D eigenvalue weighted by atomic mass is 10.1. The van der Waals surface area contributed by atoms with E-state index in [2.05, 4.69) is 10.9 Å². The van der Waals surface area contributed by atoms with Gasteiger partial charge in [0.05, 0.1) is 0 Å². The van der Waals surface area contributed by atoms with Gasteiger partial charge in [-0.3, -0.25) is 20.4 Å². The molecule has 130 valence electrons. The quantitative estimate of drug-likeness (QED) is 0.533. The molecule has 5 heteroatoms. The summed E-state index contributed by atoms with van der Waals surface area (Å²) in [7, 11) is 0. The minimum absolute atomic E-state index is 0.283. The van der Waals surface area contributed by atoms with Crippen LogP contribution in [0.1, 0.15) is 21.2 Å². The molecule has 3 aromatic carbocycles. The molecular formula is C21H18N2O2S. The first-order valence-electron chi connectivity index (χ1n) is 8.16. The lowest BCUT2D eigenvalue weighted by molar-refractivity contribution is -0.121. The second-order valence-electron chi connectivity index (χ2n) is 5.53. The van der Waals surface area contributed by atoms with Crippen LogP contribution >= 0.6 is 11.8 Å². The Kier molecular flexibility index (Phi) is 6.06. The van der Waals surface area contributed by atoms with Crippen LogP contribution in [0.5, 0.6) is 0 Å². The average molecular weight is 362 g/mol. The monoisotopic (exact) mass is 362 g/mol. The molecule has 1 unspecified atom stereocenters. The smallest absolute Gasteiger partial charge is 0.269 e. The van der Waals surface area contributed by atoms with Gasteiger partial charge in [0.25, 0.3) is 11.8 Å². The normalized spacial score (nSPS) is 11.4. The molecule has 4 nitrogen and oxygen atoms in total. The first kappa shape index (κ1) is 17.8. The number of amides is 2. The molecule has 3 aromatic rings. The van der Waals surface area contributed by atoms with Crippen LogP contribution in [0.25, 0.3) is 0 Å². The molecule has 3 rings (SSSR count). The number of thioether (sulfide) groups is 1. The highest BCUT2D eigenvalue weighted by atomic mass is 32.2. The van der Waals surface area contributed by atoms with Gasteiger partial charge in [0.15, 0.2) is 0 Å². The summed E-state index contributed by atoms with van der Waals surface area (Å²) < 4.78 is 0. The van der Waals surface area contributed by atoms with Crippen molar-refractivity contribution in [1.82, 2.24) is 10.9 Å². The maximum atomic E-state index is 12.7. The highest BCUT2D eigenvalue weighted by molar-refractivity contribution is 8.00. The first-order valence-corrected chi connectivity index (χ1v) is 9.04. The second-order valence-corrected chi connectivity index (χ2v) is 6.71. The van der Waals surface area contributed by atoms with Crippen LogP contribution in [0.2, 0.25) is 0 Å². The number of hydrogen-bond donors (Lipinski definition) is 2. The predicted octanol–water partition coefficient (Wildman–Crippen LogP) is 3.98. The summed E-state index contributed by atoms with van der Waals surface area (Å²) in [6.45, 7) is 0. The summed E-state index contributed by atoms with van der Waals surface area (Å²) in [5.74, 6) is -0.634. The van der Waals surface area contributed by atoms with Crippen molar-refractivity contribution >= 4 is 23.6 Å². The summed E-state index contributed by atoms with van der Waals surface area (Å²) in [4.78, 5) is 25.8. The Bertz CT molecular complexity index is 855. The van der Waals surface area contributed by atoms with E-state index in [1.165, 1.54) is 11.8 Å². The van der Waals surface area contributed by atoms with Gasteiger partial charge in [0.1, 0.15) is 5.25 Å². The zero-order chi connectivity index (χ0) is 18.2. The van der Waals surface area contributed by atoms with Crippen LogP contribution in [0.15, 0.2) is 95.9 Å². The van der Waals surface area contributed by atoms with Crippen LogP contribution in [-0.2, 0) is 4.79 Å². The summed E-state index contributed by atoms with van der Waals surface area (Å²) in [5.41, 5.74) is 6.38. The van der Waals surface area contributed by atoms with Gasteiger partial charge in [-0.25, -0.2) is 0 Å². The van der Waals surface area contributed by atoms with E-state index in [0.29, 0.717) is 5.56 Å². The molecule has 0 fully saturated rings. The number of benzene rings is 3. The van der Waals surface area contributed by atoms with Crippen molar-refractivity contribution in [3.05, 3.63) is 102 Å². The number of carbonyl (C=O) groups is 2. The molecule has 0 aliphatic rings. The van der Waals surface area contributed by atoms with E-state index in [9.17, 15) is 9.59 Å². The van der Waals surface area contributed by atoms with E-state index in [1.54, 1.807) is 24.3 Å². The molecule has 26 heavy (non-hydrogen) atoms. The molecule has 0 heterocycles. The Labute approximate surface area is 156 Å². The van der Waals surface area contributed by atoms with Crippen molar-refractivity contribution in [2.24, 2.45) is 0 Å². The molecular weight excluding hydrogens is 344 g/mol. The zero-order valence-corrected chi connectivity index (χ0v) is 14.8. The predicted molar refractivity (Wildman–Crippen MR) is 104 cm³/mol. The lowest BCUT2D eigenvalue weighted by Gasteiger charge is -2.17. The Hall–Kier alpha value is -3.05. The first-order chi connectivity index (χ1) is 12.7. The molecule has 0 saturated carbocycles. The van der Waals surface area contributed by atoms with Crippen LogP contribution < -0.4 is 10.9 Å². The molecule has 0 aliphatic heterocycles. The summed E-state index contributed by atoms with van der Waals surface area (Å²) in [6.07, 6.45) is 0. The van der Waals surface area contributed by atoms with Gasteiger partial charge < -0.3 is 0 Å². The van der Waals surface area contributed by atoms with Crippen molar-refractivity contribution < 1.29 is 9.59 Å². The van der Waals surface area contributed by atoms with Crippen molar-refractivity contribution in [3.63, 3.8) is 0 Å². The van der Waals surface area contributed by atoms with Gasteiger partial charge in [-0.15, -0.1) is 11.8 Å². The Morgan fingerprint density at radius 3 is 1.85 bits per heavy atom. The molecule has 0 spiro atoms. The number of carbonyl (C=O) groups excluding carboxylic acids is 2. The summed E-state index contributed by atoms with van der Waals surface area (Å²) >= 11 is 1.43. The van der Waals surface area contributed by atoms with E-state index in [0.717, 1.165) is 10.5 Å². The van der Waals surface area contributed by atoms with Gasteiger partial charge in [-0.2, -0.15) is 0 Å². The molecule has 0 aromatic heterocycles. The van der Waals surface area contributed by atoms with Gasteiger partial charge in [0, 0.05) is 10.5 Å². The van der Waals surface area contributed by atoms with Crippen molar-refractivity contribution in [3.8, 4) is 0 Å². The topological polar surface area (TPSA) is 58.2 Å². The third kappa shape index (κ3) is 4.74. The largest absolute Gasteiger partial charge is 0.272 e. The van der Waals surface area contributed by atoms with Gasteiger partial charge >= 0.3 is 0 Å². The Morgan fingerprint density at radius 2 is 1.23 bits per heavy atom. The number of hydrogen-bond acceptors (Lipinski definition) is 3. The molecule has 1 atom stereocenters. The molecule has 0 aliphatic carbocycles. The number of rotatable bonds is 5. The molecule has 0 bridgehead atoms. The van der Waals surface area contributed by atoms with Gasteiger partial charge in [-0.05, 0) is 29.8 Å². The fraction of sp³-hybridized carbons (Fsp3) is 0.0476. The van der Waals surface area contributed by atoms with Crippen molar-refractivity contribution in [1.29, 1.82) is 0 Å². The minimum Gasteiger partial charge on any atom is -0.272 e. The average Bonchev–Trinajstić information content (AvgIpc) is 2.72. The lowest BCUT2D eigenvalue weighted by Crippen LogP contribution is -2.43. The maximum Gasteiger partial charge on any atom is 0.269 e. The fourth-order valence-corrected chi connectivity index (χ4v) is 3.43. The van der Waals surface area contributed by atoms with Crippen LogP contribution in [-0.4, -0.2) is 11.8 Å². The summed E-state index contributed by atoms with van der Waals surface area (Å²) in [6, 6.07) is 28.0. The van der Waals surface area contributed by atoms with E-state index >= 15 is 0 Å². The van der Waals surface area contributed by atoms with Crippen LogP contribution in [0.3, 0.4) is 0 Å².